The molecule has 3 aliphatic rings. The van der Waals surface area contributed by atoms with Gasteiger partial charge in [0.25, 0.3) is 5.91 Å². The van der Waals surface area contributed by atoms with Crippen LogP contribution < -0.4 is 5.32 Å². The van der Waals surface area contributed by atoms with E-state index < -0.39 is 23.6 Å². The summed E-state index contributed by atoms with van der Waals surface area (Å²) in [6.45, 7) is 0.263. The van der Waals surface area contributed by atoms with E-state index in [2.05, 4.69) is 5.32 Å². The molecule has 6 nitrogen and oxygen atoms in total. The number of carbonyl (C=O) groups is 3. The van der Waals surface area contributed by atoms with E-state index >= 15 is 0 Å². The van der Waals surface area contributed by atoms with Crippen LogP contribution in [0.5, 0.6) is 0 Å². The van der Waals surface area contributed by atoms with Crippen LogP contribution >= 0.6 is 52.1 Å². The lowest BCUT2D eigenvalue weighted by molar-refractivity contribution is -0.139. The first-order valence-electron chi connectivity index (χ1n) is 10.0. The van der Waals surface area contributed by atoms with Gasteiger partial charge in [-0.05, 0) is 30.9 Å². The average Bonchev–Trinajstić information content (AvgIpc) is 3.27. The van der Waals surface area contributed by atoms with Gasteiger partial charge in [0.05, 0.1) is 5.38 Å². The molecule has 2 heterocycles. The van der Waals surface area contributed by atoms with E-state index in [0.717, 1.165) is 32.1 Å². The number of rotatable bonds is 4. The molecular formula is C21H31ClN2O4S3. The first kappa shape index (κ1) is 28.2. The molecule has 174 valence electrons. The predicted octanol–water partition coefficient (Wildman–Crippen LogP) is 2.49. The lowest BCUT2D eigenvalue weighted by Crippen LogP contribution is -2.55. The Bertz CT molecular complexity index is 764. The Labute approximate surface area is 209 Å². The van der Waals surface area contributed by atoms with E-state index in [1.54, 1.807) is 29.2 Å². The van der Waals surface area contributed by atoms with Gasteiger partial charge in [-0.2, -0.15) is 40.5 Å². The highest BCUT2D eigenvalue weighted by Gasteiger charge is 2.53. The molecule has 4 atom stereocenters. The average molecular weight is 507 g/mol. The molecule has 3 fully saturated rings. The van der Waals surface area contributed by atoms with Crippen LogP contribution in [0.2, 0.25) is 0 Å². The van der Waals surface area contributed by atoms with Crippen LogP contribution in [0.25, 0.3) is 0 Å². The van der Waals surface area contributed by atoms with E-state index in [1.807, 2.05) is 6.07 Å². The third kappa shape index (κ3) is 5.93. The van der Waals surface area contributed by atoms with Crippen molar-refractivity contribution in [3.63, 3.8) is 0 Å². The number of nitrogens with zero attached hydrogens (tertiary/aromatic N) is 1. The third-order valence-electron chi connectivity index (χ3n) is 6.12. The number of likely N-dealkylation sites (tertiary alicyclic amines) is 1. The maximum absolute atomic E-state index is 13.5. The normalized spacial score (nSPS) is 26.0. The van der Waals surface area contributed by atoms with E-state index in [1.165, 1.54) is 0 Å². The molecule has 1 aliphatic carbocycles. The SMILES string of the molecule is O=C(N[C@H](C(=O)N1C[C@H](Cl)[C@H]2OCC(=O)[C@H]21)C1CCCCC1)c1ccccc1.S.S.S. The van der Waals surface area contributed by atoms with Crippen molar-refractivity contribution in [2.75, 3.05) is 13.2 Å². The minimum absolute atomic E-state index is 0. The number of ether oxygens (including phenoxy) is 1. The van der Waals surface area contributed by atoms with Gasteiger partial charge in [-0.3, -0.25) is 14.4 Å². The summed E-state index contributed by atoms with van der Waals surface area (Å²) >= 11 is 6.35. The van der Waals surface area contributed by atoms with Gasteiger partial charge >= 0.3 is 0 Å². The summed E-state index contributed by atoms with van der Waals surface area (Å²) in [5.41, 5.74) is 0.519. The van der Waals surface area contributed by atoms with Crippen molar-refractivity contribution in [2.45, 2.75) is 55.7 Å². The largest absolute Gasteiger partial charge is 0.366 e. The molecule has 4 rings (SSSR count). The van der Waals surface area contributed by atoms with Crippen molar-refractivity contribution in [1.82, 2.24) is 10.2 Å². The molecule has 31 heavy (non-hydrogen) atoms. The van der Waals surface area contributed by atoms with Crippen LogP contribution in [0.1, 0.15) is 42.5 Å². The van der Waals surface area contributed by atoms with Crippen molar-refractivity contribution in [1.29, 1.82) is 0 Å². The van der Waals surface area contributed by atoms with Crippen LogP contribution in [-0.2, 0) is 14.3 Å². The van der Waals surface area contributed by atoms with Crippen molar-refractivity contribution in [2.24, 2.45) is 5.92 Å². The van der Waals surface area contributed by atoms with Crippen molar-refractivity contribution in [3.05, 3.63) is 35.9 Å². The Kier molecular flexibility index (Phi) is 11.3. The summed E-state index contributed by atoms with van der Waals surface area (Å²) in [7, 11) is 0. The zero-order valence-corrected chi connectivity index (χ0v) is 20.9. The highest BCUT2D eigenvalue weighted by atomic mass is 35.5. The molecule has 1 aromatic rings. The molecule has 2 aliphatic heterocycles. The second kappa shape index (κ2) is 12.4. The minimum atomic E-state index is -0.649. The Hall–Kier alpha value is -0.870. The Morgan fingerprint density at radius 1 is 1.06 bits per heavy atom. The van der Waals surface area contributed by atoms with Gasteiger partial charge < -0.3 is 15.0 Å². The number of ketones is 1. The lowest BCUT2D eigenvalue weighted by Gasteiger charge is -2.34. The van der Waals surface area contributed by atoms with Gasteiger partial charge in [-0.15, -0.1) is 11.6 Å². The number of carbonyl (C=O) groups excluding carboxylic acids is 3. The van der Waals surface area contributed by atoms with Crippen LogP contribution in [0.15, 0.2) is 30.3 Å². The molecule has 0 spiro atoms. The van der Waals surface area contributed by atoms with Gasteiger partial charge in [0, 0.05) is 12.1 Å². The topological polar surface area (TPSA) is 75.7 Å². The van der Waals surface area contributed by atoms with Crippen molar-refractivity contribution < 1.29 is 19.1 Å². The summed E-state index contributed by atoms with van der Waals surface area (Å²) in [6.07, 6.45) is 4.57. The fourth-order valence-corrected chi connectivity index (χ4v) is 5.02. The number of halogens is 1. The van der Waals surface area contributed by atoms with Crippen LogP contribution in [-0.4, -0.2) is 59.2 Å². The maximum Gasteiger partial charge on any atom is 0.251 e. The summed E-state index contributed by atoms with van der Waals surface area (Å²) in [6, 6.07) is 7.61. The molecule has 2 saturated heterocycles. The van der Waals surface area contributed by atoms with Crippen LogP contribution in [0.4, 0.5) is 0 Å². The van der Waals surface area contributed by atoms with Gasteiger partial charge in [0.1, 0.15) is 24.8 Å². The first-order chi connectivity index (χ1) is 13.6. The molecule has 0 bridgehead atoms. The fraction of sp³-hybridized carbons (Fsp3) is 0.571. The molecule has 0 aromatic heterocycles. The maximum atomic E-state index is 13.5. The number of amides is 2. The summed E-state index contributed by atoms with van der Waals surface area (Å²) < 4.78 is 5.49. The number of Topliss-reactive ketones (excluding diaryl/α,β-unsaturated/α-hetero) is 1. The second-order valence-corrected chi connectivity index (χ2v) is 8.47. The fourth-order valence-electron chi connectivity index (χ4n) is 4.67. The number of hydrogen-bond acceptors (Lipinski definition) is 4. The summed E-state index contributed by atoms with van der Waals surface area (Å²) in [4.78, 5) is 40.1. The second-order valence-electron chi connectivity index (χ2n) is 7.91. The lowest BCUT2D eigenvalue weighted by atomic mass is 9.83. The molecule has 10 heteroatoms. The standard InChI is InChI=1S/C21H25ClN2O4.3H2S/c22-15-11-24(18-16(25)12-28-19(15)18)21(27)17(13-7-3-1-4-8-13)23-20(26)14-9-5-2-6-10-14;;;/h2,5-6,9-10,13,15,17-19H,1,3-4,7-8,11-12H2,(H,23,26);3*1H2/t15-,17-,18+,19+;;;/m0.../s1. The molecule has 2 amide bonds. The minimum Gasteiger partial charge on any atom is -0.366 e. The third-order valence-corrected chi connectivity index (χ3v) is 6.50. The van der Waals surface area contributed by atoms with E-state index in [9.17, 15) is 14.4 Å². The summed E-state index contributed by atoms with van der Waals surface area (Å²) in [5.74, 6) is -0.526. The number of alkyl halides is 1. The zero-order valence-electron chi connectivity index (χ0n) is 17.2. The van der Waals surface area contributed by atoms with Gasteiger partial charge in [-0.25, -0.2) is 0 Å². The molecule has 1 aromatic carbocycles. The Morgan fingerprint density at radius 3 is 2.35 bits per heavy atom. The number of benzene rings is 1. The van der Waals surface area contributed by atoms with Crippen LogP contribution in [0, 0.1) is 5.92 Å². The molecular weight excluding hydrogens is 476 g/mol. The van der Waals surface area contributed by atoms with Crippen molar-refractivity contribution in [3.8, 4) is 0 Å². The highest BCUT2D eigenvalue weighted by molar-refractivity contribution is 7.59. The first-order valence-corrected chi connectivity index (χ1v) is 10.4. The molecule has 1 saturated carbocycles. The molecule has 0 unspecified atom stereocenters. The molecule has 0 radical (unpaired) electrons. The predicted molar refractivity (Wildman–Crippen MR) is 135 cm³/mol. The van der Waals surface area contributed by atoms with Gasteiger partial charge in [0.15, 0.2) is 5.78 Å². The van der Waals surface area contributed by atoms with E-state index in [0.29, 0.717) is 5.56 Å². The Morgan fingerprint density at radius 2 is 1.71 bits per heavy atom. The smallest absolute Gasteiger partial charge is 0.251 e. The number of nitrogens with one attached hydrogen (secondary N) is 1. The number of fused-ring (bicyclic) bond motifs is 1. The van der Waals surface area contributed by atoms with Crippen molar-refractivity contribution >= 4 is 69.7 Å². The van der Waals surface area contributed by atoms with Gasteiger partial charge in [-0.1, -0.05) is 37.5 Å². The quantitative estimate of drug-likeness (QED) is 0.636. The zero-order chi connectivity index (χ0) is 19.7. The monoisotopic (exact) mass is 506 g/mol. The molecule has 1 N–H and O–H groups in total. The van der Waals surface area contributed by atoms with E-state index in [4.69, 9.17) is 16.3 Å². The van der Waals surface area contributed by atoms with Crippen LogP contribution in [0.3, 0.4) is 0 Å². The van der Waals surface area contributed by atoms with Gasteiger partial charge in [0.2, 0.25) is 5.91 Å². The summed E-state index contributed by atoms with van der Waals surface area (Å²) in [5, 5.41) is 2.56. The van der Waals surface area contributed by atoms with E-state index in [-0.39, 0.29) is 77.2 Å². The Balaban J connectivity index is 0.00000160. The highest BCUT2D eigenvalue weighted by Crippen LogP contribution is 2.34. The number of hydrogen-bond donors (Lipinski definition) is 1.